The van der Waals surface area contributed by atoms with Crippen molar-refractivity contribution in [1.82, 2.24) is 19.4 Å². The third-order valence-corrected chi connectivity index (χ3v) is 5.08. The third kappa shape index (κ3) is 3.10. The van der Waals surface area contributed by atoms with Crippen molar-refractivity contribution >= 4 is 17.2 Å². The van der Waals surface area contributed by atoms with Gasteiger partial charge in [0.25, 0.3) is 5.91 Å². The van der Waals surface area contributed by atoms with Crippen LogP contribution in [0, 0.1) is 0 Å². The highest BCUT2D eigenvalue weighted by Gasteiger charge is 2.23. The molecule has 122 valence electrons. The van der Waals surface area contributed by atoms with Crippen molar-refractivity contribution in [1.29, 1.82) is 0 Å². The Balaban J connectivity index is 1.59. The molecule has 0 saturated carbocycles. The predicted octanol–water partition coefficient (Wildman–Crippen LogP) is 3.13. The van der Waals surface area contributed by atoms with Crippen molar-refractivity contribution in [2.45, 2.75) is 32.5 Å². The zero-order valence-corrected chi connectivity index (χ0v) is 14.1. The van der Waals surface area contributed by atoms with E-state index >= 15 is 0 Å². The molecule has 0 saturated heterocycles. The van der Waals surface area contributed by atoms with Crippen LogP contribution in [0.15, 0.2) is 48.2 Å². The second kappa shape index (κ2) is 6.57. The number of carbonyl (C=O) groups excluding carboxylic acids is 1. The number of hydrogen-bond acceptors (Lipinski definition) is 4. The Morgan fingerprint density at radius 2 is 2.12 bits per heavy atom. The van der Waals surface area contributed by atoms with Crippen molar-refractivity contribution < 1.29 is 4.79 Å². The van der Waals surface area contributed by atoms with Gasteiger partial charge in [-0.25, -0.2) is 4.98 Å². The molecule has 0 fully saturated rings. The zero-order valence-electron chi connectivity index (χ0n) is 13.3. The molecular formula is C18H18N4OS. The van der Waals surface area contributed by atoms with Crippen LogP contribution in [0.1, 0.15) is 33.2 Å². The largest absolute Gasteiger partial charge is 0.334 e. The molecule has 3 aromatic rings. The van der Waals surface area contributed by atoms with Gasteiger partial charge in [0.05, 0.1) is 6.54 Å². The van der Waals surface area contributed by atoms with Crippen LogP contribution in [0.2, 0.25) is 0 Å². The summed E-state index contributed by atoms with van der Waals surface area (Å²) in [6, 6.07) is 7.97. The lowest BCUT2D eigenvalue weighted by Gasteiger charge is -2.21. The Bertz CT molecular complexity index is 805. The van der Waals surface area contributed by atoms with E-state index in [2.05, 4.69) is 20.6 Å². The van der Waals surface area contributed by atoms with Crippen molar-refractivity contribution in [3.8, 4) is 0 Å². The normalized spacial score (nSPS) is 13.0. The Morgan fingerprint density at radius 3 is 2.88 bits per heavy atom. The summed E-state index contributed by atoms with van der Waals surface area (Å²) >= 11 is 1.67. The van der Waals surface area contributed by atoms with Gasteiger partial charge in [-0.15, -0.1) is 11.3 Å². The van der Waals surface area contributed by atoms with Crippen LogP contribution in [0.5, 0.6) is 0 Å². The van der Waals surface area contributed by atoms with Gasteiger partial charge in [0.15, 0.2) is 0 Å². The molecule has 0 unspecified atom stereocenters. The lowest BCUT2D eigenvalue weighted by molar-refractivity contribution is 0.0726. The van der Waals surface area contributed by atoms with Crippen LogP contribution in [0.4, 0.5) is 0 Å². The van der Waals surface area contributed by atoms with Crippen LogP contribution in [0.3, 0.4) is 0 Å². The van der Waals surface area contributed by atoms with E-state index in [1.807, 2.05) is 34.7 Å². The summed E-state index contributed by atoms with van der Waals surface area (Å²) in [5, 5.41) is 2.04. The first-order valence-corrected chi connectivity index (χ1v) is 8.94. The molecule has 0 aliphatic carbocycles. The summed E-state index contributed by atoms with van der Waals surface area (Å²) in [7, 11) is 0. The number of hydrogen-bond donors (Lipinski definition) is 0. The summed E-state index contributed by atoms with van der Waals surface area (Å²) in [4.78, 5) is 24.6. The Labute approximate surface area is 144 Å². The topological polar surface area (TPSA) is 51.0 Å². The predicted molar refractivity (Wildman–Crippen MR) is 92.7 cm³/mol. The van der Waals surface area contributed by atoms with Crippen molar-refractivity contribution in [3.63, 3.8) is 0 Å². The molecule has 24 heavy (non-hydrogen) atoms. The first kappa shape index (κ1) is 15.1. The molecule has 0 bridgehead atoms. The van der Waals surface area contributed by atoms with E-state index in [4.69, 9.17) is 0 Å². The smallest absolute Gasteiger partial charge is 0.274 e. The molecule has 4 rings (SSSR count). The van der Waals surface area contributed by atoms with Crippen molar-refractivity contribution in [3.05, 3.63) is 70.2 Å². The minimum atomic E-state index is -0.0119. The highest BCUT2D eigenvalue weighted by Crippen LogP contribution is 2.19. The fourth-order valence-electron chi connectivity index (χ4n) is 3.02. The van der Waals surface area contributed by atoms with Crippen LogP contribution < -0.4 is 0 Å². The fraction of sp³-hybridized carbons (Fsp3) is 0.278. The number of pyridine rings is 1. The van der Waals surface area contributed by atoms with Gasteiger partial charge in [0.1, 0.15) is 11.5 Å². The van der Waals surface area contributed by atoms with E-state index in [1.165, 1.54) is 4.88 Å². The average molecular weight is 338 g/mol. The maximum atomic E-state index is 13.0. The first-order chi connectivity index (χ1) is 11.8. The molecular weight excluding hydrogens is 320 g/mol. The van der Waals surface area contributed by atoms with Gasteiger partial charge >= 0.3 is 0 Å². The minimum Gasteiger partial charge on any atom is -0.334 e. The molecule has 0 radical (unpaired) electrons. The molecule has 0 atom stereocenters. The lowest BCUT2D eigenvalue weighted by Crippen LogP contribution is -2.30. The highest BCUT2D eigenvalue weighted by molar-refractivity contribution is 7.09. The number of fused-ring (bicyclic) bond motifs is 1. The fourth-order valence-corrected chi connectivity index (χ4v) is 3.74. The van der Waals surface area contributed by atoms with E-state index in [-0.39, 0.29) is 5.91 Å². The minimum absolute atomic E-state index is 0.0119. The van der Waals surface area contributed by atoms with E-state index in [0.29, 0.717) is 18.8 Å². The molecule has 1 amide bonds. The molecule has 4 heterocycles. The molecule has 1 aliphatic rings. The highest BCUT2D eigenvalue weighted by atomic mass is 32.1. The summed E-state index contributed by atoms with van der Waals surface area (Å²) in [5.74, 6) is 1.01. The van der Waals surface area contributed by atoms with Gasteiger partial charge in [-0.1, -0.05) is 6.07 Å². The lowest BCUT2D eigenvalue weighted by atomic mass is 10.2. The molecule has 0 N–H and O–H groups in total. The van der Waals surface area contributed by atoms with Crippen LogP contribution >= 0.6 is 11.3 Å². The van der Waals surface area contributed by atoms with Gasteiger partial charge in [-0.3, -0.25) is 9.78 Å². The number of carbonyl (C=O) groups is 1. The Morgan fingerprint density at radius 1 is 1.25 bits per heavy atom. The Kier molecular flexibility index (Phi) is 4.13. The number of amides is 1. The number of aromatic nitrogens is 3. The summed E-state index contributed by atoms with van der Waals surface area (Å²) < 4.78 is 2.10. The van der Waals surface area contributed by atoms with Crippen LogP contribution in [0.25, 0.3) is 0 Å². The van der Waals surface area contributed by atoms with Gasteiger partial charge in [-0.05, 0) is 35.6 Å². The van der Waals surface area contributed by atoms with Gasteiger partial charge in [0, 0.05) is 43.0 Å². The number of nitrogens with zero attached hydrogens (tertiary/aromatic N) is 4. The third-order valence-electron chi connectivity index (χ3n) is 4.21. The molecule has 6 heteroatoms. The quantitative estimate of drug-likeness (QED) is 0.718. The first-order valence-electron chi connectivity index (χ1n) is 8.06. The standard InChI is InChI=1S/C18H18N4OS/c23-18(16-13-21-9-1-4-17(21)20-16)22(12-15-3-2-10-24-15)11-14-5-7-19-8-6-14/h2-3,5-8,10,13H,1,4,9,11-12H2. The second-order valence-corrected chi connectivity index (χ2v) is 6.97. The number of aryl methyl sites for hydroxylation is 2. The van der Waals surface area contributed by atoms with Gasteiger partial charge in [-0.2, -0.15) is 0 Å². The second-order valence-electron chi connectivity index (χ2n) is 5.94. The summed E-state index contributed by atoms with van der Waals surface area (Å²) in [5.41, 5.74) is 1.62. The molecule has 3 aromatic heterocycles. The van der Waals surface area contributed by atoms with Crippen molar-refractivity contribution in [2.24, 2.45) is 0 Å². The average Bonchev–Trinajstić information content (AvgIpc) is 3.31. The van der Waals surface area contributed by atoms with Gasteiger partial charge < -0.3 is 9.47 Å². The van der Waals surface area contributed by atoms with E-state index in [0.717, 1.165) is 30.8 Å². The number of imidazole rings is 1. The van der Waals surface area contributed by atoms with E-state index < -0.39 is 0 Å². The molecule has 5 nitrogen and oxygen atoms in total. The zero-order chi connectivity index (χ0) is 16.4. The maximum absolute atomic E-state index is 13.0. The maximum Gasteiger partial charge on any atom is 0.274 e. The van der Waals surface area contributed by atoms with E-state index in [9.17, 15) is 4.79 Å². The van der Waals surface area contributed by atoms with E-state index in [1.54, 1.807) is 23.7 Å². The molecule has 1 aliphatic heterocycles. The monoisotopic (exact) mass is 338 g/mol. The number of thiophene rings is 1. The van der Waals surface area contributed by atoms with Crippen LogP contribution in [-0.2, 0) is 26.1 Å². The van der Waals surface area contributed by atoms with Crippen LogP contribution in [-0.4, -0.2) is 25.3 Å². The molecule has 0 spiro atoms. The molecule has 0 aromatic carbocycles. The Hall–Kier alpha value is -2.47. The van der Waals surface area contributed by atoms with Gasteiger partial charge in [0.2, 0.25) is 0 Å². The number of rotatable bonds is 5. The van der Waals surface area contributed by atoms with Crippen molar-refractivity contribution in [2.75, 3.05) is 0 Å². The summed E-state index contributed by atoms with van der Waals surface area (Å²) in [6.07, 6.45) is 7.50. The SMILES string of the molecule is O=C(c1cn2c(n1)CCC2)N(Cc1ccncc1)Cc1cccs1. The summed E-state index contributed by atoms with van der Waals surface area (Å²) in [6.45, 7) is 2.12.